The van der Waals surface area contributed by atoms with E-state index in [1.165, 1.54) is 12.8 Å². The second-order valence-electron chi connectivity index (χ2n) is 8.42. The first-order valence-corrected chi connectivity index (χ1v) is 8.95. The number of carbonyl (C=O) groups excluding carboxylic acids is 1. The first-order valence-electron chi connectivity index (χ1n) is 8.95. The highest BCUT2D eigenvalue weighted by atomic mass is 16.3. The topological polar surface area (TPSA) is 52.6 Å². The third-order valence-corrected chi connectivity index (χ3v) is 5.26. The molecule has 2 aliphatic rings. The van der Waals surface area contributed by atoms with Crippen LogP contribution in [0.2, 0.25) is 0 Å². The number of aliphatic hydroxyl groups excluding tert-OH is 1. The van der Waals surface area contributed by atoms with Gasteiger partial charge in [0.1, 0.15) is 0 Å². The molecule has 2 fully saturated rings. The molecule has 128 valence electrons. The zero-order chi connectivity index (χ0) is 16.5. The molecule has 2 N–H and O–H groups in total. The van der Waals surface area contributed by atoms with Gasteiger partial charge < -0.3 is 10.4 Å². The van der Waals surface area contributed by atoms with Crippen molar-refractivity contribution < 1.29 is 9.90 Å². The number of rotatable bonds is 5. The third kappa shape index (κ3) is 4.45. The minimum absolute atomic E-state index is 0.114. The molecule has 4 nitrogen and oxygen atoms in total. The maximum Gasteiger partial charge on any atom is 0.225 e. The van der Waals surface area contributed by atoms with Gasteiger partial charge in [0.05, 0.1) is 6.10 Å². The van der Waals surface area contributed by atoms with Gasteiger partial charge in [-0.25, -0.2) is 0 Å². The number of hydrogen-bond donors (Lipinski definition) is 2. The SMILES string of the molecule is CCC(C1CC1)N1CC(NC(=O)C(C)(C)C)CC(C(C)O)C1. The summed E-state index contributed by atoms with van der Waals surface area (Å²) in [6.45, 7) is 11.9. The van der Waals surface area contributed by atoms with Crippen LogP contribution < -0.4 is 5.32 Å². The number of likely N-dealkylation sites (tertiary alicyclic amines) is 1. The maximum atomic E-state index is 12.3. The quantitative estimate of drug-likeness (QED) is 0.820. The lowest BCUT2D eigenvalue weighted by molar-refractivity contribution is -0.130. The number of carbonyl (C=O) groups is 1. The van der Waals surface area contributed by atoms with E-state index in [1.54, 1.807) is 0 Å². The van der Waals surface area contributed by atoms with Crippen LogP contribution in [0, 0.1) is 17.3 Å². The van der Waals surface area contributed by atoms with Crippen molar-refractivity contribution in [1.82, 2.24) is 10.2 Å². The number of nitrogens with zero attached hydrogens (tertiary/aromatic N) is 1. The van der Waals surface area contributed by atoms with Crippen LogP contribution in [-0.2, 0) is 4.79 Å². The molecule has 0 radical (unpaired) electrons. The molecular weight excluding hydrogens is 276 g/mol. The molecule has 1 saturated heterocycles. The van der Waals surface area contributed by atoms with Crippen LogP contribution in [0.5, 0.6) is 0 Å². The Bertz CT molecular complexity index is 385. The molecule has 1 aliphatic carbocycles. The number of amides is 1. The Kier molecular flexibility index (Phi) is 5.54. The van der Waals surface area contributed by atoms with Crippen LogP contribution in [-0.4, -0.2) is 47.2 Å². The van der Waals surface area contributed by atoms with Gasteiger partial charge >= 0.3 is 0 Å². The lowest BCUT2D eigenvalue weighted by atomic mass is 9.87. The Morgan fingerprint density at radius 3 is 2.36 bits per heavy atom. The molecule has 1 amide bonds. The van der Waals surface area contributed by atoms with E-state index in [-0.39, 0.29) is 29.4 Å². The molecule has 0 aromatic rings. The monoisotopic (exact) mass is 310 g/mol. The van der Waals surface area contributed by atoms with Crippen molar-refractivity contribution >= 4 is 5.91 Å². The summed E-state index contributed by atoms with van der Waals surface area (Å²) in [4.78, 5) is 14.8. The molecule has 1 saturated carbocycles. The number of aliphatic hydroxyl groups is 1. The van der Waals surface area contributed by atoms with Crippen molar-refractivity contribution in [1.29, 1.82) is 0 Å². The molecule has 0 bridgehead atoms. The second-order valence-corrected chi connectivity index (χ2v) is 8.42. The highest BCUT2D eigenvalue weighted by molar-refractivity contribution is 5.81. The van der Waals surface area contributed by atoms with Crippen molar-refractivity contribution in [2.45, 2.75) is 78.5 Å². The molecule has 2 rings (SSSR count). The smallest absolute Gasteiger partial charge is 0.225 e. The Morgan fingerprint density at radius 1 is 1.27 bits per heavy atom. The summed E-state index contributed by atoms with van der Waals surface area (Å²) < 4.78 is 0. The van der Waals surface area contributed by atoms with Crippen LogP contribution in [0.15, 0.2) is 0 Å². The Labute approximate surface area is 135 Å². The number of hydrogen-bond acceptors (Lipinski definition) is 3. The first-order chi connectivity index (χ1) is 10.2. The summed E-state index contributed by atoms with van der Waals surface area (Å²) in [6, 6.07) is 0.781. The highest BCUT2D eigenvalue weighted by Gasteiger charge is 2.40. The highest BCUT2D eigenvalue weighted by Crippen LogP contribution is 2.38. The van der Waals surface area contributed by atoms with Crippen molar-refractivity contribution in [3.05, 3.63) is 0 Å². The molecule has 1 heterocycles. The molecular formula is C18H34N2O2. The average molecular weight is 310 g/mol. The second kappa shape index (κ2) is 6.88. The molecule has 4 heteroatoms. The van der Waals surface area contributed by atoms with E-state index < -0.39 is 0 Å². The number of nitrogens with one attached hydrogen (secondary N) is 1. The van der Waals surface area contributed by atoms with Gasteiger partial charge in [-0.05, 0) is 44.4 Å². The van der Waals surface area contributed by atoms with Crippen molar-refractivity contribution in [2.24, 2.45) is 17.3 Å². The van der Waals surface area contributed by atoms with Gasteiger partial charge in [0.2, 0.25) is 5.91 Å². The van der Waals surface area contributed by atoms with Crippen molar-refractivity contribution in [2.75, 3.05) is 13.1 Å². The predicted molar refractivity (Wildman–Crippen MR) is 89.5 cm³/mol. The standard InChI is InChI=1S/C18H34N2O2/c1-6-16(13-7-8-13)20-10-14(12(2)21)9-15(11-20)19-17(22)18(3,4)5/h12-16,21H,6-11H2,1-5H3,(H,19,22). The minimum atomic E-state index is -0.358. The van der Waals surface area contributed by atoms with E-state index in [2.05, 4.69) is 17.1 Å². The van der Waals surface area contributed by atoms with E-state index in [4.69, 9.17) is 0 Å². The van der Waals surface area contributed by atoms with Gasteiger partial charge in [-0.15, -0.1) is 0 Å². The summed E-state index contributed by atoms with van der Waals surface area (Å²) in [5.41, 5.74) is -0.358. The summed E-state index contributed by atoms with van der Waals surface area (Å²) in [7, 11) is 0. The minimum Gasteiger partial charge on any atom is -0.393 e. The van der Waals surface area contributed by atoms with Gasteiger partial charge in [-0.1, -0.05) is 27.7 Å². The normalized spacial score (nSPS) is 29.9. The fourth-order valence-corrected chi connectivity index (χ4v) is 3.67. The molecule has 0 spiro atoms. The lowest BCUT2D eigenvalue weighted by Gasteiger charge is -2.43. The molecule has 1 aliphatic heterocycles. The van der Waals surface area contributed by atoms with Gasteiger partial charge in [-0.2, -0.15) is 0 Å². The van der Waals surface area contributed by atoms with Crippen LogP contribution in [0.3, 0.4) is 0 Å². The zero-order valence-electron chi connectivity index (χ0n) is 14.9. The fraction of sp³-hybridized carbons (Fsp3) is 0.944. The van der Waals surface area contributed by atoms with Crippen LogP contribution in [0.25, 0.3) is 0 Å². The van der Waals surface area contributed by atoms with Crippen LogP contribution in [0.4, 0.5) is 0 Å². The van der Waals surface area contributed by atoms with Gasteiger partial charge in [0.25, 0.3) is 0 Å². The van der Waals surface area contributed by atoms with E-state index >= 15 is 0 Å². The molecule has 22 heavy (non-hydrogen) atoms. The predicted octanol–water partition coefficient (Wildman–Crippen LogP) is 2.41. The van der Waals surface area contributed by atoms with Gasteiger partial charge in [-0.3, -0.25) is 9.69 Å². The van der Waals surface area contributed by atoms with Gasteiger partial charge in [0, 0.05) is 30.6 Å². The van der Waals surface area contributed by atoms with E-state index in [1.807, 2.05) is 27.7 Å². The molecule has 4 atom stereocenters. The number of piperidine rings is 1. The summed E-state index contributed by atoms with van der Waals surface area (Å²) in [5, 5.41) is 13.3. The zero-order valence-corrected chi connectivity index (χ0v) is 14.9. The van der Waals surface area contributed by atoms with E-state index in [0.717, 1.165) is 31.8 Å². The molecule has 0 aromatic carbocycles. The molecule has 0 aromatic heterocycles. The summed E-state index contributed by atoms with van der Waals surface area (Å²) in [6.07, 6.45) is 4.42. The Morgan fingerprint density at radius 2 is 1.91 bits per heavy atom. The summed E-state index contributed by atoms with van der Waals surface area (Å²) in [5.74, 6) is 1.20. The van der Waals surface area contributed by atoms with Crippen LogP contribution >= 0.6 is 0 Å². The largest absolute Gasteiger partial charge is 0.393 e. The van der Waals surface area contributed by atoms with E-state index in [9.17, 15) is 9.90 Å². The maximum absolute atomic E-state index is 12.3. The van der Waals surface area contributed by atoms with Crippen LogP contribution in [0.1, 0.15) is 60.3 Å². The average Bonchev–Trinajstić information content (AvgIpc) is 3.23. The first kappa shape index (κ1) is 17.7. The lowest BCUT2D eigenvalue weighted by Crippen LogP contribution is -2.57. The van der Waals surface area contributed by atoms with Gasteiger partial charge in [0.15, 0.2) is 0 Å². The summed E-state index contributed by atoms with van der Waals surface area (Å²) >= 11 is 0. The Balaban J connectivity index is 2.04. The van der Waals surface area contributed by atoms with Crippen molar-refractivity contribution in [3.8, 4) is 0 Å². The Hall–Kier alpha value is -0.610. The fourth-order valence-electron chi connectivity index (χ4n) is 3.67. The van der Waals surface area contributed by atoms with Crippen molar-refractivity contribution in [3.63, 3.8) is 0 Å². The third-order valence-electron chi connectivity index (χ3n) is 5.26. The van der Waals surface area contributed by atoms with E-state index in [0.29, 0.717) is 6.04 Å². The molecule has 4 unspecified atom stereocenters.